The van der Waals surface area contributed by atoms with Gasteiger partial charge in [0, 0.05) is 0 Å². The van der Waals surface area contributed by atoms with E-state index in [1.807, 2.05) is 0 Å². The van der Waals surface area contributed by atoms with E-state index in [4.69, 9.17) is 5.73 Å². The van der Waals surface area contributed by atoms with Crippen LogP contribution in [0.15, 0.2) is 48.5 Å². The molecule has 9 heteroatoms. The van der Waals surface area contributed by atoms with Crippen LogP contribution in [0.2, 0.25) is 0 Å². The summed E-state index contributed by atoms with van der Waals surface area (Å²) in [6.07, 6.45) is 0. The smallest absolute Gasteiger partial charge is 0.331 e. The number of nitrogens with one attached hydrogen (secondary N) is 1. The summed E-state index contributed by atoms with van der Waals surface area (Å²) in [6, 6.07) is 8.21. The van der Waals surface area contributed by atoms with E-state index in [-0.39, 0.29) is 18.0 Å². The molecule has 0 saturated carbocycles. The number of benzene rings is 2. The summed E-state index contributed by atoms with van der Waals surface area (Å²) in [5.41, 5.74) is 6.67. The number of amides is 2. The molecule has 6 N–H and O–H groups in total. The fourth-order valence-electron chi connectivity index (χ4n) is 3.00. The van der Waals surface area contributed by atoms with Crippen molar-refractivity contribution in [3.63, 3.8) is 0 Å². The first-order valence-electron chi connectivity index (χ1n) is 8.45. The molecule has 2 aromatic carbocycles. The van der Waals surface area contributed by atoms with Gasteiger partial charge in [0.2, 0.25) is 11.8 Å². The van der Waals surface area contributed by atoms with Gasteiger partial charge in [-0.1, -0.05) is 24.3 Å². The van der Waals surface area contributed by atoms with Gasteiger partial charge in [0.25, 0.3) is 0 Å². The van der Waals surface area contributed by atoms with E-state index >= 15 is 0 Å². The fraction of sp³-hybridized carbons (Fsp3) is 0.211. The molecule has 0 bridgehead atoms. The van der Waals surface area contributed by atoms with Crippen LogP contribution < -0.4 is 11.1 Å². The molecule has 1 fully saturated rings. The summed E-state index contributed by atoms with van der Waals surface area (Å²) in [6.45, 7) is 0.0186. The predicted octanol–water partition coefficient (Wildman–Crippen LogP) is 0.251. The maximum atomic E-state index is 12.4. The molecule has 2 amide bonds. The van der Waals surface area contributed by atoms with Crippen LogP contribution in [-0.4, -0.2) is 50.6 Å². The minimum Gasteiger partial charge on any atom is -0.508 e. The SMILES string of the molecule is N[C@@H](C(=O)N[C@H]1CN(C(C(=O)O)c2ccc(O)cc2)C1=O)c1ccc(O)cc1. The highest BCUT2D eigenvalue weighted by molar-refractivity contribution is 5.96. The average Bonchev–Trinajstić information content (AvgIpc) is 2.67. The van der Waals surface area contributed by atoms with Gasteiger partial charge in [0.1, 0.15) is 23.6 Å². The molecule has 0 aromatic heterocycles. The number of carbonyl (C=O) groups is 3. The first kappa shape index (κ1) is 19.2. The number of aliphatic carboxylic acids is 1. The van der Waals surface area contributed by atoms with Crippen molar-refractivity contribution in [3.8, 4) is 11.5 Å². The number of carbonyl (C=O) groups excluding carboxylic acids is 2. The van der Waals surface area contributed by atoms with Crippen LogP contribution >= 0.6 is 0 Å². The van der Waals surface area contributed by atoms with Gasteiger partial charge in [-0.25, -0.2) is 4.79 Å². The molecule has 3 atom stereocenters. The highest BCUT2D eigenvalue weighted by Crippen LogP contribution is 2.28. The predicted molar refractivity (Wildman–Crippen MR) is 97.2 cm³/mol. The first-order valence-corrected chi connectivity index (χ1v) is 8.45. The van der Waals surface area contributed by atoms with E-state index < -0.39 is 35.9 Å². The van der Waals surface area contributed by atoms with Gasteiger partial charge in [0.05, 0.1) is 6.54 Å². The summed E-state index contributed by atoms with van der Waals surface area (Å²) in [5, 5.41) is 30.6. The summed E-state index contributed by atoms with van der Waals surface area (Å²) >= 11 is 0. The largest absolute Gasteiger partial charge is 0.508 e. The Morgan fingerprint density at radius 2 is 1.50 bits per heavy atom. The second-order valence-electron chi connectivity index (χ2n) is 6.45. The number of β-lactam (4-membered cyclic amide) rings is 1. The number of hydrogen-bond donors (Lipinski definition) is 5. The van der Waals surface area contributed by atoms with Crippen LogP contribution in [0, 0.1) is 0 Å². The molecular weight excluding hydrogens is 366 g/mol. The Labute approximate surface area is 160 Å². The molecule has 2 aromatic rings. The lowest BCUT2D eigenvalue weighted by molar-refractivity contribution is -0.160. The topological polar surface area (TPSA) is 153 Å². The third-order valence-electron chi connectivity index (χ3n) is 4.57. The molecule has 146 valence electrons. The number of hydrogen-bond acceptors (Lipinski definition) is 6. The average molecular weight is 385 g/mol. The zero-order valence-electron chi connectivity index (χ0n) is 14.6. The minimum atomic E-state index is -1.22. The Morgan fingerprint density at radius 1 is 1.00 bits per heavy atom. The van der Waals surface area contributed by atoms with Crippen molar-refractivity contribution < 1.29 is 29.7 Å². The highest BCUT2D eigenvalue weighted by atomic mass is 16.4. The molecule has 0 aliphatic carbocycles. The van der Waals surface area contributed by atoms with Gasteiger partial charge in [-0.3, -0.25) is 9.59 Å². The van der Waals surface area contributed by atoms with Crippen molar-refractivity contribution in [2.45, 2.75) is 18.1 Å². The lowest BCUT2D eigenvalue weighted by Gasteiger charge is -2.42. The molecule has 0 spiro atoms. The molecule has 1 aliphatic rings. The number of phenolic OH excluding ortho intramolecular Hbond substituents is 2. The lowest BCUT2D eigenvalue weighted by atomic mass is 9.97. The van der Waals surface area contributed by atoms with Crippen molar-refractivity contribution in [2.75, 3.05) is 6.54 Å². The Bertz CT molecular complexity index is 897. The number of carboxylic acids is 1. The van der Waals surface area contributed by atoms with Crippen molar-refractivity contribution in [1.82, 2.24) is 10.2 Å². The van der Waals surface area contributed by atoms with Gasteiger partial charge in [-0.2, -0.15) is 0 Å². The summed E-state index contributed by atoms with van der Waals surface area (Å²) in [7, 11) is 0. The van der Waals surface area contributed by atoms with E-state index in [1.165, 1.54) is 48.5 Å². The van der Waals surface area contributed by atoms with Gasteiger partial charge in [-0.15, -0.1) is 0 Å². The van der Waals surface area contributed by atoms with Crippen LogP contribution in [0.4, 0.5) is 0 Å². The first-order chi connectivity index (χ1) is 13.3. The molecule has 1 heterocycles. The van der Waals surface area contributed by atoms with E-state index in [2.05, 4.69) is 5.32 Å². The number of rotatable bonds is 6. The van der Waals surface area contributed by atoms with E-state index in [9.17, 15) is 29.7 Å². The lowest BCUT2D eigenvalue weighted by Crippen LogP contribution is -2.66. The minimum absolute atomic E-state index is 0.0174. The van der Waals surface area contributed by atoms with Crippen LogP contribution in [0.3, 0.4) is 0 Å². The van der Waals surface area contributed by atoms with Crippen LogP contribution in [-0.2, 0) is 14.4 Å². The third kappa shape index (κ3) is 3.74. The molecule has 1 saturated heterocycles. The molecule has 3 rings (SSSR count). The molecule has 9 nitrogen and oxygen atoms in total. The fourth-order valence-corrected chi connectivity index (χ4v) is 3.00. The quantitative estimate of drug-likeness (QED) is 0.447. The molecular formula is C19H19N3O6. The number of carboxylic acid groups (broad SMARTS) is 1. The van der Waals surface area contributed by atoms with Gasteiger partial charge in [-0.05, 0) is 35.4 Å². The Hall–Kier alpha value is -3.59. The zero-order chi connectivity index (χ0) is 20.4. The van der Waals surface area contributed by atoms with Crippen molar-refractivity contribution in [1.29, 1.82) is 0 Å². The summed E-state index contributed by atoms with van der Waals surface area (Å²) < 4.78 is 0. The second kappa shape index (κ2) is 7.57. The highest BCUT2D eigenvalue weighted by Gasteiger charge is 2.45. The van der Waals surface area contributed by atoms with Crippen molar-refractivity contribution >= 4 is 17.8 Å². The molecule has 1 aliphatic heterocycles. The van der Waals surface area contributed by atoms with E-state index in [0.29, 0.717) is 11.1 Å². The Kier molecular flexibility index (Phi) is 5.18. The monoisotopic (exact) mass is 385 g/mol. The summed E-state index contributed by atoms with van der Waals surface area (Å²) in [4.78, 5) is 37.5. The summed E-state index contributed by atoms with van der Waals surface area (Å²) in [5.74, 6) is -2.32. The number of phenols is 2. The van der Waals surface area contributed by atoms with Gasteiger partial charge in [0.15, 0.2) is 6.04 Å². The normalized spacial score (nSPS) is 18.1. The zero-order valence-corrected chi connectivity index (χ0v) is 14.6. The van der Waals surface area contributed by atoms with Crippen LogP contribution in [0.25, 0.3) is 0 Å². The maximum absolute atomic E-state index is 12.4. The third-order valence-corrected chi connectivity index (χ3v) is 4.57. The van der Waals surface area contributed by atoms with Crippen LogP contribution in [0.1, 0.15) is 23.2 Å². The number of likely N-dealkylation sites (tertiary alicyclic amines) is 1. The number of aromatic hydroxyl groups is 2. The maximum Gasteiger partial charge on any atom is 0.331 e. The van der Waals surface area contributed by atoms with E-state index in [0.717, 1.165) is 4.90 Å². The molecule has 28 heavy (non-hydrogen) atoms. The molecule has 0 radical (unpaired) electrons. The number of nitrogens with zero attached hydrogens (tertiary/aromatic N) is 1. The number of nitrogens with two attached hydrogens (primary N) is 1. The van der Waals surface area contributed by atoms with Gasteiger partial charge >= 0.3 is 5.97 Å². The van der Waals surface area contributed by atoms with Crippen molar-refractivity contribution in [3.05, 3.63) is 59.7 Å². The van der Waals surface area contributed by atoms with Gasteiger partial charge < -0.3 is 31.3 Å². The second-order valence-corrected chi connectivity index (χ2v) is 6.45. The van der Waals surface area contributed by atoms with E-state index in [1.54, 1.807) is 0 Å². The Balaban J connectivity index is 1.65. The standard InChI is InChI=1S/C19H19N3O6/c20-15(10-1-5-12(23)6-2-10)17(25)21-14-9-22(18(14)26)16(19(27)28)11-3-7-13(24)8-4-11/h1-8,14-16,23-24H,9,20H2,(H,21,25)(H,27,28)/t14-,15+,16?/m0/s1. The van der Waals surface area contributed by atoms with Crippen molar-refractivity contribution in [2.24, 2.45) is 5.73 Å². The Morgan fingerprint density at radius 3 is 1.96 bits per heavy atom. The molecule has 1 unspecified atom stereocenters. The van der Waals surface area contributed by atoms with Crippen LogP contribution in [0.5, 0.6) is 11.5 Å².